The minimum absolute atomic E-state index is 0.299. The van der Waals surface area contributed by atoms with Gasteiger partial charge in [0.05, 0.1) is 0 Å². The van der Waals surface area contributed by atoms with Crippen LogP contribution >= 0.6 is 15.9 Å². The Morgan fingerprint density at radius 1 is 1.14 bits per heavy atom. The van der Waals surface area contributed by atoms with Crippen molar-refractivity contribution < 1.29 is 5.11 Å². The normalized spacial score (nSPS) is 17.1. The number of nitrogens with zero attached hydrogens (tertiary/aromatic N) is 3. The highest BCUT2D eigenvalue weighted by Gasteiger charge is 2.17. The number of aromatic hydroxyl groups is 1. The second-order valence-electron chi connectivity index (χ2n) is 5.41. The topological polar surface area (TPSA) is 39.6 Å². The smallest absolute Gasteiger partial charge is 0.136 e. The molecule has 1 N–H and O–H groups in total. The number of phenolic OH excluding ortho intramolecular Hbond substituents is 1. The molecule has 0 spiro atoms. The van der Waals surface area contributed by atoms with Crippen molar-refractivity contribution in [2.75, 3.05) is 43.0 Å². The molecule has 1 saturated heterocycles. The van der Waals surface area contributed by atoms with Crippen molar-refractivity contribution in [3.63, 3.8) is 0 Å². The Balaban J connectivity index is 1.88. The molecule has 1 fully saturated rings. The number of hydrogen-bond donors (Lipinski definition) is 1. The number of anilines is 1. The highest BCUT2D eigenvalue weighted by Crippen LogP contribution is 2.28. The number of hydrogen-bond acceptors (Lipinski definition) is 4. The summed E-state index contributed by atoms with van der Waals surface area (Å²) in [6.07, 6.45) is 3.00. The lowest BCUT2D eigenvalue weighted by Gasteiger charge is -2.23. The molecule has 1 aliphatic heterocycles. The quantitative estimate of drug-likeness (QED) is 0.865. The van der Waals surface area contributed by atoms with Gasteiger partial charge in [0.25, 0.3) is 0 Å². The van der Waals surface area contributed by atoms with Crippen LogP contribution in [0.3, 0.4) is 0 Å². The molecule has 0 atom stereocenters. The average Bonchev–Trinajstić information content (AvgIpc) is 2.73. The van der Waals surface area contributed by atoms with Gasteiger partial charge in [0.15, 0.2) is 0 Å². The van der Waals surface area contributed by atoms with Gasteiger partial charge >= 0.3 is 0 Å². The molecular formula is C16H20BrN3O. The number of phenols is 1. The molecule has 0 aliphatic carbocycles. The van der Waals surface area contributed by atoms with Gasteiger partial charge in [-0.05, 0) is 36.6 Å². The predicted octanol–water partition coefficient (Wildman–Crippen LogP) is 2.85. The maximum absolute atomic E-state index is 9.76. The van der Waals surface area contributed by atoms with Gasteiger partial charge in [-0.25, -0.2) is 4.98 Å². The van der Waals surface area contributed by atoms with E-state index < -0.39 is 0 Å². The van der Waals surface area contributed by atoms with Crippen LogP contribution in [0.1, 0.15) is 6.42 Å². The first-order valence-electron chi connectivity index (χ1n) is 7.39. The molecule has 0 radical (unpaired) electrons. The second kappa shape index (κ2) is 6.62. The first-order valence-corrected chi connectivity index (χ1v) is 8.51. The summed E-state index contributed by atoms with van der Waals surface area (Å²) in [7, 11) is 0. The molecule has 5 heteroatoms. The van der Waals surface area contributed by atoms with Gasteiger partial charge in [-0.15, -0.1) is 0 Å². The van der Waals surface area contributed by atoms with Crippen LogP contribution in [0.2, 0.25) is 0 Å². The number of alkyl halides is 1. The summed E-state index contributed by atoms with van der Waals surface area (Å²) < 4.78 is 0. The van der Waals surface area contributed by atoms with Crippen molar-refractivity contribution in [3.05, 3.63) is 30.5 Å². The summed E-state index contributed by atoms with van der Waals surface area (Å²) in [5.74, 6) is 1.29. The van der Waals surface area contributed by atoms with Crippen molar-refractivity contribution in [2.45, 2.75) is 6.42 Å². The molecule has 0 saturated carbocycles. The summed E-state index contributed by atoms with van der Waals surface area (Å²) in [6.45, 7) is 5.29. The van der Waals surface area contributed by atoms with E-state index in [0.717, 1.165) is 61.1 Å². The molecule has 4 nitrogen and oxygen atoms in total. The molecule has 2 aromatic rings. The van der Waals surface area contributed by atoms with Crippen LogP contribution in [0.25, 0.3) is 10.8 Å². The van der Waals surface area contributed by atoms with Crippen LogP contribution in [0, 0.1) is 0 Å². The molecule has 0 unspecified atom stereocenters. The van der Waals surface area contributed by atoms with E-state index in [2.05, 4.69) is 30.7 Å². The molecule has 1 aromatic heterocycles. The Labute approximate surface area is 133 Å². The van der Waals surface area contributed by atoms with E-state index in [0.29, 0.717) is 5.75 Å². The molecular weight excluding hydrogens is 330 g/mol. The fourth-order valence-corrected chi connectivity index (χ4v) is 3.42. The molecule has 0 amide bonds. The van der Waals surface area contributed by atoms with E-state index in [-0.39, 0.29) is 0 Å². The van der Waals surface area contributed by atoms with Gasteiger partial charge in [0, 0.05) is 43.1 Å². The third kappa shape index (κ3) is 3.30. The van der Waals surface area contributed by atoms with E-state index in [1.807, 2.05) is 24.4 Å². The van der Waals surface area contributed by atoms with Crippen LogP contribution in [0.4, 0.5) is 5.82 Å². The number of pyridine rings is 1. The number of fused-ring (bicyclic) bond motifs is 1. The Hall–Kier alpha value is -1.33. The fraction of sp³-hybridized carbons (Fsp3) is 0.438. The van der Waals surface area contributed by atoms with Gasteiger partial charge in [0.1, 0.15) is 11.6 Å². The van der Waals surface area contributed by atoms with Gasteiger partial charge < -0.3 is 14.9 Å². The van der Waals surface area contributed by atoms with E-state index >= 15 is 0 Å². The summed E-state index contributed by atoms with van der Waals surface area (Å²) in [5, 5.41) is 12.9. The minimum Gasteiger partial charge on any atom is -0.508 e. The van der Waals surface area contributed by atoms with Gasteiger partial charge in [-0.2, -0.15) is 0 Å². The number of aromatic nitrogens is 1. The first kappa shape index (κ1) is 14.6. The second-order valence-corrected chi connectivity index (χ2v) is 6.20. The number of benzene rings is 1. The largest absolute Gasteiger partial charge is 0.508 e. The lowest BCUT2D eigenvalue weighted by Crippen LogP contribution is -2.32. The lowest BCUT2D eigenvalue weighted by atomic mass is 10.1. The van der Waals surface area contributed by atoms with E-state index in [9.17, 15) is 5.11 Å². The third-order valence-electron chi connectivity index (χ3n) is 4.02. The molecule has 3 rings (SSSR count). The summed E-state index contributed by atoms with van der Waals surface area (Å²) in [5.41, 5.74) is 0. The maximum atomic E-state index is 9.76. The lowest BCUT2D eigenvalue weighted by molar-refractivity contribution is 0.313. The SMILES string of the molecule is Oc1ccc2ccnc(N3CCCN(CCBr)CC3)c2c1. The molecule has 2 heterocycles. The minimum atomic E-state index is 0.299. The molecule has 0 bridgehead atoms. The molecule has 1 aromatic carbocycles. The number of rotatable bonds is 3. The zero-order valence-corrected chi connectivity index (χ0v) is 13.6. The molecule has 112 valence electrons. The zero-order valence-electron chi connectivity index (χ0n) is 12.0. The Bertz CT molecular complexity index is 619. The highest BCUT2D eigenvalue weighted by molar-refractivity contribution is 9.09. The molecule has 21 heavy (non-hydrogen) atoms. The Kier molecular flexibility index (Phi) is 4.60. The van der Waals surface area contributed by atoms with Gasteiger partial charge in [-0.1, -0.05) is 22.0 Å². The summed E-state index contributed by atoms with van der Waals surface area (Å²) in [4.78, 5) is 9.40. The first-order chi connectivity index (χ1) is 10.3. The van der Waals surface area contributed by atoms with Crippen molar-refractivity contribution in [1.82, 2.24) is 9.88 Å². The van der Waals surface area contributed by atoms with Gasteiger partial charge in [-0.3, -0.25) is 0 Å². The number of halogens is 1. The van der Waals surface area contributed by atoms with Crippen molar-refractivity contribution in [3.8, 4) is 5.75 Å². The third-order valence-corrected chi connectivity index (χ3v) is 4.37. The van der Waals surface area contributed by atoms with Crippen LogP contribution in [0.15, 0.2) is 30.5 Å². The van der Waals surface area contributed by atoms with Crippen LogP contribution in [-0.2, 0) is 0 Å². The average molecular weight is 350 g/mol. The standard InChI is InChI=1S/C16H20BrN3O/c17-5-9-19-7-1-8-20(11-10-19)16-15-12-14(21)3-2-13(15)4-6-18-16/h2-4,6,12,21H,1,5,7-11H2. The Morgan fingerprint density at radius 2 is 2.05 bits per heavy atom. The van der Waals surface area contributed by atoms with Crippen molar-refractivity contribution in [2.24, 2.45) is 0 Å². The molecule has 1 aliphatic rings. The van der Waals surface area contributed by atoms with E-state index in [1.165, 1.54) is 0 Å². The van der Waals surface area contributed by atoms with Gasteiger partial charge in [0.2, 0.25) is 0 Å². The van der Waals surface area contributed by atoms with Crippen molar-refractivity contribution in [1.29, 1.82) is 0 Å². The zero-order chi connectivity index (χ0) is 14.7. The Morgan fingerprint density at radius 3 is 2.90 bits per heavy atom. The van der Waals surface area contributed by atoms with Crippen LogP contribution < -0.4 is 4.90 Å². The van der Waals surface area contributed by atoms with Crippen molar-refractivity contribution >= 4 is 32.5 Å². The maximum Gasteiger partial charge on any atom is 0.136 e. The monoisotopic (exact) mass is 349 g/mol. The highest BCUT2D eigenvalue weighted by atomic mass is 79.9. The van der Waals surface area contributed by atoms with Crippen LogP contribution in [-0.4, -0.2) is 53.0 Å². The fourth-order valence-electron chi connectivity index (χ4n) is 2.92. The summed E-state index contributed by atoms with van der Waals surface area (Å²) >= 11 is 3.52. The summed E-state index contributed by atoms with van der Waals surface area (Å²) in [6, 6.07) is 7.49. The van der Waals surface area contributed by atoms with Crippen LogP contribution in [0.5, 0.6) is 5.75 Å². The predicted molar refractivity (Wildman–Crippen MR) is 90.5 cm³/mol. The van der Waals surface area contributed by atoms with E-state index in [4.69, 9.17) is 0 Å². The van der Waals surface area contributed by atoms with E-state index in [1.54, 1.807) is 6.07 Å².